The standard InChI is InChI=1S/C34H35BO4/c1-32(2)33(3,4)39-35(38-32)23-9-10-24-25-11-12-29-31(37-28-8-6-5-7-27(28)36-29)30(25)34(26(24)18-23)21-14-19-13-20(16-21)17-22(34)15-19/h5-12,18-22H,13-17H2,1-4H3. The summed E-state index contributed by atoms with van der Waals surface area (Å²) in [6.45, 7) is 8.54. The minimum absolute atomic E-state index is 0.0568. The molecular weight excluding hydrogens is 483 g/mol. The number of hydrogen-bond donors (Lipinski definition) is 0. The van der Waals surface area contributed by atoms with Gasteiger partial charge in [0, 0.05) is 11.0 Å². The van der Waals surface area contributed by atoms with Crippen molar-refractivity contribution in [3.8, 4) is 34.1 Å². The Labute approximate surface area is 231 Å². The van der Waals surface area contributed by atoms with E-state index in [1.54, 1.807) is 0 Å². The summed E-state index contributed by atoms with van der Waals surface area (Å²) in [6, 6.07) is 19.5. The van der Waals surface area contributed by atoms with Gasteiger partial charge >= 0.3 is 7.12 Å². The fourth-order valence-corrected chi connectivity index (χ4v) is 9.40. The van der Waals surface area contributed by atoms with Gasteiger partial charge in [0.2, 0.25) is 0 Å². The van der Waals surface area contributed by atoms with Gasteiger partial charge in [-0.2, -0.15) is 0 Å². The maximum atomic E-state index is 6.79. The Bertz CT molecular complexity index is 1510. The van der Waals surface area contributed by atoms with Crippen LogP contribution >= 0.6 is 0 Å². The molecule has 4 nitrogen and oxygen atoms in total. The molecule has 1 spiro atoms. The lowest BCUT2D eigenvalue weighted by Gasteiger charge is -2.61. The minimum Gasteiger partial charge on any atom is -0.450 e. The second-order valence-electron chi connectivity index (χ2n) is 14.0. The summed E-state index contributed by atoms with van der Waals surface area (Å²) in [5.41, 5.74) is 5.86. The molecule has 2 aliphatic heterocycles. The van der Waals surface area contributed by atoms with E-state index in [-0.39, 0.29) is 23.7 Å². The Kier molecular flexibility index (Phi) is 4.31. The van der Waals surface area contributed by atoms with Crippen molar-refractivity contribution in [1.29, 1.82) is 0 Å². The lowest BCUT2D eigenvalue weighted by molar-refractivity contribution is -0.0406. The van der Waals surface area contributed by atoms with Crippen LogP contribution < -0.4 is 14.9 Å². The number of fused-ring (bicyclic) bond motifs is 6. The highest BCUT2D eigenvalue weighted by Crippen LogP contribution is 2.72. The lowest BCUT2D eigenvalue weighted by Crippen LogP contribution is -2.55. The molecule has 7 aliphatic rings. The third-order valence-corrected chi connectivity index (χ3v) is 11.5. The smallest absolute Gasteiger partial charge is 0.450 e. The van der Waals surface area contributed by atoms with Gasteiger partial charge in [0.1, 0.15) is 0 Å². The molecule has 0 amide bonds. The van der Waals surface area contributed by atoms with Crippen molar-refractivity contribution >= 4 is 12.6 Å². The molecule has 4 saturated carbocycles. The highest BCUT2D eigenvalue weighted by molar-refractivity contribution is 6.62. The fraction of sp³-hybridized carbons (Fsp3) is 0.471. The van der Waals surface area contributed by atoms with Crippen LogP contribution in [0.4, 0.5) is 0 Å². The summed E-state index contributed by atoms with van der Waals surface area (Å²) in [4.78, 5) is 0. The monoisotopic (exact) mass is 518 g/mol. The second-order valence-corrected chi connectivity index (χ2v) is 14.0. The Hall–Kier alpha value is -2.76. The van der Waals surface area contributed by atoms with Crippen molar-refractivity contribution < 1.29 is 18.8 Å². The third kappa shape index (κ3) is 2.83. The van der Waals surface area contributed by atoms with Crippen LogP contribution in [0, 0.1) is 23.7 Å². The summed E-state index contributed by atoms with van der Waals surface area (Å²) in [5.74, 6) is 6.37. The van der Waals surface area contributed by atoms with E-state index in [1.807, 2.05) is 24.3 Å². The second kappa shape index (κ2) is 7.30. The molecule has 4 bridgehead atoms. The van der Waals surface area contributed by atoms with Crippen molar-refractivity contribution in [3.63, 3.8) is 0 Å². The maximum Gasteiger partial charge on any atom is 0.494 e. The van der Waals surface area contributed by atoms with Gasteiger partial charge in [-0.15, -0.1) is 0 Å². The molecule has 0 unspecified atom stereocenters. The summed E-state index contributed by atoms with van der Waals surface area (Å²) >= 11 is 0. The van der Waals surface area contributed by atoms with Gasteiger partial charge in [-0.25, -0.2) is 0 Å². The fourth-order valence-electron chi connectivity index (χ4n) is 9.40. The van der Waals surface area contributed by atoms with Crippen LogP contribution in [0.25, 0.3) is 11.1 Å². The number of benzene rings is 3. The molecule has 3 aromatic carbocycles. The molecule has 0 aromatic heterocycles. The van der Waals surface area contributed by atoms with E-state index >= 15 is 0 Å². The van der Waals surface area contributed by atoms with Crippen LogP contribution in [0.3, 0.4) is 0 Å². The molecular formula is C34H35BO4. The normalized spacial score (nSPS) is 33.3. The van der Waals surface area contributed by atoms with Crippen molar-refractivity contribution in [2.75, 3.05) is 0 Å². The molecule has 0 radical (unpaired) electrons. The zero-order valence-electron chi connectivity index (χ0n) is 23.3. The van der Waals surface area contributed by atoms with E-state index < -0.39 is 0 Å². The molecule has 0 atom stereocenters. The number of ether oxygens (including phenoxy) is 2. The van der Waals surface area contributed by atoms with E-state index in [2.05, 4.69) is 58.0 Å². The number of hydrogen-bond acceptors (Lipinski definition) is 4. The van der Waals surface area contributed by atoms with Gasteiger partial charge in [-0.1, -0.05) is 36.4 Å². The molecule has 10 rings (SSSR count). The van der Waals surface area contributed by atoms with Gasteiger partial charge in [0.05, 0.1) is 11.2 Å². The zero-order chi connectivity index (χ0) is 26.3. The molecule has 2 heterocycles. The molecule has 0 N–H and O–H groups in total. The SMILES string of the molecule is CC1(C)OB(c2ccc3c(c2)C2(c4c-3ccc3c4Oc4ccccc4O3)C3CC4CC(C3)CC2C4)OC1(C)C. The van der Waals surface area contributed by atoms with Gasteiger partial charge in [0.15, 0.2) is 23.0 Å². The molecule has 5 fully saturated rings. The predicted octanol–water partition coefficient (Wildman–Crippen LogP) is 7.61. The quantitative estimate of drug-likeness (QED) is 0.243. The molecule has 1 saturated heterocycles. The summed E-state index contributed by atoms with van der Waals surface area (Å²) in [5, 5.41) is 0. The Morgan fingerprint density at radius 3 is 1.95 bits per heavy atom. The average Bonchev–Trinajstić information content (AvgIpc) is 3.32. The minimum atomic E-state index is -0.363. The first-order chi connectivity index (χ1) is 18.7. The van der Waals surface area contributed by atoms with E-state index in [0.29, 0.717) is 11.8 Å². The lowest BCUT2D eigenvalue weighted by atomic mass is 9.43. The van der Waals surface area contributed by atoms with Gasteiger partial charge in [0.25, 0.3) is 0 Å². The first kappa shape index (κ1) is 23.0. The predicted molar refractivity (Wildman–Crippen MR) is 152 cm³/mol. The van der Waals surface area contributed by atoms with Gasteiger partial charge in [-0.3, -0.25) is 0 Å². The van der Waals surface area contributed by atoms with E-state index in [4.69, 9.17) is 18.8 Å². The van der Waals surface area contributed by atoms with Crippen LogP contribution in [0.15, 0.2) is 54.6 Å². The van der Waals surface area contributed by atoms with Gasteiger partial charge in [-0.05, 0) is 124 Å². The highest BCUT2D eigenvalue weighted by atomic mass is 16.7. The summed E-state index contributed by atoms with van der Waals surface area (Å²) in [6.07, 6.45) is 6.68. The van der Waals surface area contributed by atoms with Crippen LogP contribution in [0.2, 0.25) is 0 Å². The first-order valence-corrected chi connectivity index (χ1v) is 14.9. The Morgan fingerprint density at radius 2 is 1.28 bits per heavy atom. The van der Waals surface area contributed by atoms with E-state index in [9.17, 15) is 0 Å². The van der Waals surface area contributed by atoms with E-state index in [1.165, 1.54) is 54.4 Å². The number of para-hydroxylation sites is 2. The van der Waals surface area contributed by atoms with Crippen LogP contribution in [-0.4, -0.2) is 18.3 Å². The summed E-state index contributed by atoms with van der Waals surface area (Å²) in [7, 11) is -0.363. The molecule has 39 heavy (non-hydrogen) atoms. The molecule has 198 valence electrons. The van der Waals surface area contributed by atoms with Crippen molar-refractivity contribution in [2.24, 2.45) is 23.7 Å². The largest absolute Gasteiger partial charge is 0.494 e. The van der Waals surface area contributed by atoms with E-state index in [0.717, 1.165) is 40.3 Å². The maximum absolute atomic E-state index is 6.79. The molecule has 5 heteroatoms. The third-order valence-electron chi connectivity index (χ3n) is 11.5. The average molecular weight is 518 g/mol. The zero-order valence-corrected chi connectivity index (χ0v) is 23.3. The molecule has 5 aliphatic carbocycles. The van der Waals surface area contributed by atoms with Crippen LogP contribution in [0.1, 0.15) is 70.9 Å². The molecule has 3 aromatic rings. The van der Waals surface area contributed by atoms with Crippen molar-refractivity contribution in [3.05, 3.63) is 65.7 Å². The Morgan fingerprint density at radius 1 is 0.667 bits per heavy atom. The van der Waals surface area contributed by atoms with Gasteiger partial charge < -0.3 is 18.8 Å². The first-order valence-electron chi connectivity index (χ1n) is 14.9. The number of rotatable bonds is 1. The highest BCUT2D eigenvalue weighted by Gasteiger charge is 2.63. The van der Waals surface area contributed by atoms with Crippen molar-refractivity contribution in [2.45, 2.75) is 76.4 Å². The topological polar surface area (TPSA) is 36.9 Å². The van der Waals surface area contributed by atoms with Crippen LogP contribution in [0.5, 0.6) is 23.0 Å². The van der Waals surface area contributed by atoms with Crippen molar-refractivity contribution in [1.82, 2.24) is 0 Å². The summed E-state index contributed by atoms with van der Waals surface area (Å²) < 4.78 is 26.4. The Balaban J connectivity index is 1.26. The van der Waals surface area contributed by atoms with Crippen LogP contribution in [-0.2, 0) is 14.7 Å².